The maximum absolute atomic E-state index is 12.4. The molecule has 0 unspecified atom stereocenters. The summed E-state index contributed by atoms with van der Waals surface area (Å²) in [6.45, 7) is 5.46. The molecule has 0 aromatic carbocycles. The van der Waals surface area contributed by atoms with E-state index in [1.165, 1.54) is 0 Å². The van der Waals surface area contributed by atoms with Crippen LogP contribution in [0, 0.1) is 13.8 Å². The number of hydrogen-bond donors (Lipinski definition) is 0. The fraction of sp³-hybridized carbons (Fsp3) is 0.600. The lowest BCUT2D eigenvalue weighted by atomic mass is 10.0. The zero-order valence-electron chi connectivity index (χ0n) is 13.0. The van der Waals surface area contributed by atoms with E-state index >= 15 is 0 Å². The van der Waals surface area contributed by atoms with Gasteiger partial charge in [-0.15, -0.1) is 11.3 Å². The molecule has 2 aromatic heterocycles. The number of carbonyl (C=O) groups is 1. The summed E-state index contributed by atoms with van der Waals surface area (Å²) in [6.07, 6.45) is 3.34. The molecule has 7 heteroatoms. The number of amides is 1. The molecule has 1 atom stereocenters. The van der Waals surface area contributed by atoms with Crippen molar-refractivity contribution in [3.05, 3.63) is 28.2 Å². The maximum atomic E-state index is 12.4. The summed E-state index contributed by atoms with van der Waals surface area (Å²) in [5.41, 5.74) is 2.82. The van der Waals surface area contributed by atoms with Gasteiger partial charge < -0.3 is 4.90 Å². The Balaban J connectivity index is 1.60. The SMILES string of the molecule is Cc1nc(C)n([C@H]2CCCN(C(=O)CCc3cscn3)C2)n1. The standard InChI is InChI=1S/C15H21N5OS/c1-11-17-12(2)20(18-11)14-4-3-7-19(8-14)15(21)6-5-13-9-22-10-16-13/h9-10,14H,3-8H2,1-2H3/t14-/m0/s1. The van der Waals surface area contributed by atoms with Crippen molar-refractivity contribution in [1.82, 2.24) is 24.6 Å². The Bertz CT molecular complexity index is 636. The van der Waals surface area contributed by atoms with Gasteiger partial charge in [-0.2, -0.15) is 5.10 Å². The second-order valence-corrected chi connectivity index (χ2v) is 6.49. The number of carbonyl (C=O) groups excluding carboxylic acids is 1. The Morgan fingerprint density at radius 3 is 3.00 bits per heavy atom. The first-order chi connectivity index (χ1) is 10.6. The van der Waals surface area contributed by atoms with Crippen LogP contribution in [-0.4, -0.2) is 43.6 Å². The van der Waals surface area contributed by atoms with Gasteiger partial charge in [0.2, 0.25) is 5.91 Å². The van der Waals surface area contributed by atoms with Crippen molar-refractivity contribution in [2.24, 2.45) is 0 Å². The van der Waals surface area contributed by atoms with Crippen LogP contribution in [0.3, 0.4) is 0 Å². The predicted molar refractivity (Wildman–Crippen MR) is 84.8 cm³/mol. The van der Waals surface area contributed by atoms with Crippen LogP contribution >= 0.6 is 11.3 Å². The molecule has 0 saturated carbocycles. The number of piperidine rings is 1. The molecule has 22 heavy (non-hydrogen) atoms. The van der Waals surface area contributed by atoms with E-state index in [2.05, 4.69) is 15.1 Å². The molecule has 6 nitrogen and oxygen atoms in total. The maximum Gasteiger partial charge on any atom is 0.223 e. The molecule has 1 aliphatic heterocycles. The van der Waals surface area contributed by atoms with Crippen LogP contribution in [0.25, 0.3) is 0 Å². The van der Waals surface area contributed by atoms with E-state index < -0.39 is 0 Å². The van der Waals surface area contributed by atoms with E-state index in [0.717, 1.165) is 49.7 Å². The first-order valence-corrected chi connectivity index (χ1v) is 8.62. The Kier molecular flexibility index (Phi) is 4.52. The van der Waals surface area contributed by atoms with E-state index in [-0.39, 0.29) is 11.9 Å². The van der Waals surface area contributed by atoms with Gasteiger partial charge in [-0.25, -0.2) is 14.6 Å². The number of nitrogens with zero attached hydrogens (tertiary/aromatic N) is 5. The molecule has 0 radical (unpaired) electrons. The monoisotopic (exact) mass is 319 g/mol. The molecule has 1 saturated heterocycles. The lowest BCUT2D eigenvalue weighted by molar-refractivity contribution is -0.132. The van der Waals surface area contributed by atoms with Crippen molar-refractivity contribution in [3.8, 4) is 0 Å². The lowest BCUT2D eigenvalue weighted by Gasteiger charge is -2.33. The molecule has 1 fully saturated rings. The first-order valence-electron chi connectivity index (χ1n) is 7.68. The molecule has 0 bridgehead atoms. The average Bonchev–Trinajstić information content (AvgIpc) is 3.14. The van der Waals surface area contributed by atoms with Crippen molar-refractivity contribution >= 4 is 17.2 Å². The van der Waals surface area contributed by atoms with E-state index in [4.69, 9.17) is 0 Å². The zero-order chi connectivity index (χ0) is 15.5. The first kappa shape index (κ1) is 15.1. The summed E-state index contributed by atoms with van der Waals surface area (Å²) in [5.74, 6) is 1.94. The van der Waals surface area contributed by atoms with Crippen LogP contribution in [0.2, 0.25) is 0 Å². The minimum atomic E-state index is 0.215. The quantitative estimate of drug-likeness (QED) is 0.866. The Hall–Kier alpha value is -1.76. The molecule has 1 aliphatic rings. The fourth-order valence-corrected chi connectivity index (χ4v) is 3.61. The van der Waals surface area contributed by atoms with Gasteiger partial charge in [0.05, 0.1) is 17.2 Å². The number of aromatic nitrogens is 4. The number of aryl methyl sites for hydroxylation is 3. The highest BCUT2D eigenvalue weighted by molar-refractivity contribution is 7.07. The molecule has 1 amide bonds. The third-order valence-electron chi connectivity index (χ3n) is 4.08. The second kappa shape index (κ2) is 6.56. The second-order valence-electron chi connectivity index (χ2n) is 5.77. The van der Waals surface area contributed by atoms with Gasteiger partial charge >= 0.3 is 0 Å². The van der Waals surface area contributed by atoms with E-state index in [0.29, 0.717) is 6.42 Å². The predicted octanol–water partition coefficient (Wildman–Crippen LogP) is 2.15. The van der Waals surface area contributed by atoms with Crippen LogP contribution in [0.15, 0.2) is 10.9 Å². The van der Waals surface area contributed by atoms with Crippen molar-refractivity contribution in [2.75, 3.05) is 13.1 Å². The lowest BCUT2D eigenvalue weighted by Crippen LogP contribution is -2.41. The topological polar surface area (TPSA) is 63.9 Å². The molecule has 3 heterocycles. The average molecular weight is 319 g/mol. The van der Waals surface area contributed by atoms with E-state index in [1.54, 1.807) is 11.3 Å². The van der Waals surface area contributed by atoms with Gasteiger partial charge in [-0.3, -0.25) is 4.79 Å². The summed E-state index contributed by atoms with van der Waals surface area (Å²) in [7, 11) is 0. The normalized spacial score (nSPS) is 18.6. The van der Waals surface area contributed by atoms with Crippen LogP contribution in [-0.2, 0) is 11.2 Å². The molecular weight excluding hydrogens is 298 g/mol. The van der Waals surface area contributed by atoms with Crippen molar-refractivity contribution in [1.29, 1.82) is 0 Å². The largest absolute Gasteiger partial charge is 0.341 e. The summed E-state index contributed by atoms with van der Waals surface area (Å²) in [6, 6.07) is 0.248. The van der Waals surface area contributed by atoms with Gasteiger partial charge in [0, 0.05) is 24.9 Å². The molecule has 118 valence electrons. The molecule has 3 rings (SSSR count). The van der Waals surface area contributed by atoms with Gasteiger partial charge in [-0.1, -0.05) is 0 Å². The van der Waals surface area contributed by atoms with Crippen molar-refractivity contribution in [3.63, 3.8) is 0 Å². The van der Waals surface area contributed by atoms with Gasteiger partial charge in [0.25, 0.3) is 0 Å². The Morgan fingerprint density at radius 1 is 1.45 bits per heavy atom. The summed E-state index contributed by atoms with van der Waals surface area (Å²) in [5, 5.41) is 6.48. The van der Waals surface area contributed by atoms with Gasteiger partial charge in [0.1, 0.15) is 11.6 Å². The number of thiazole rings is 1. The van der Waals surface area contributed by atoms with Crippen LogP contribution in [0.4, 0.5) is 0 Å². The van der Waals surface area contributed by atoms with Crippen molar-refractivity contribution < 1.29 is 4.79 Å². The number of rotatable bonds is 4. The van der Waals surface area contributed by atoms with Gasteiger partial charge in [-0.05, 0) is 33.1 Å². The third-order valence-corrected chi connectivity index (χ3v) is 4.72. The number of likely N-dealkylation sites (tertiary alicyclic amines) is 1. The number of hydrogen-bond acceptors (Lipinski definition) is 5. The van der Waals surface area contributed by atoms with E-state index in [1.807, 2.05) is 34.3 Å². The Morgan fingerprint density at radius 2 is 2.32 bits per heavy atom. The highest BCUT2D eigenvalue weighted by Gasteiger charge is 2.26. The van der Waals surface area contributed by atoms with Crippen LogP contribution < -0.4 is 0 Å². The Labute approximate surface area is 134 Å². The fourth-order valence-electron chi connectivity index (χ4n) is 3.02. The smallest absolute Gasteiger partial charge is 0.223 e. The molecule has 0 spiro atoms. The minimum Gasteiger partial charge on any atom is -0.341 e. The van der Waals surface area contributed by atoms with Gasteiger partial charge in [0.15, 0.2) is 0 Å². The highest BCUT2D eigenvalue weighted by Crippen LogP contribution is 2.22. The molecule has 0 N–H and O–H groups in total. The van der Waals surface area contributed by atoms with Crippen LogP contribution in [0.1, 0.15) is 42.6 Å². The summed E-state index contributed by atoms with van der Waals surface area (Å²) < 4.78 is 1.98. The molecule has 2 aromatic rings. The van der Waals surface area contributed by atoms with Crippen LogP contribution in [0.5, 0.6) is 0 Å². The summed E-state index contributed by atoms with van der Waals surface area (Å²) in [4.78, 5) is 23.0. The molecular formula is C15H21N5OS. The van der Waals surface area contributed by atoms with Crippen molar-refractivity contribution in [2.45, 2.75) is 45.6 Å². The van der Waals surface area contributed by atoms with E-state index in [9.17, 15) is 4.79 Å². The molecule has 0 aliphatic carbocycles. The minimum absolute atomic E-state index is 0.215. The highest BCUT2D eigenvalue weighted by atomic mass is 32.1. The third kappa shape index (κ3) is 3.35. The zero-order valence-corrected chi connectivity index (χ0v) is 13.8. The summed E-state index contributed by atoms with van der Waals surface area (Å²) >= 11 is 1.57.